The number of nitrogens with one attached hydrogen (secondary N) is 1. The van der Waals surface area contributed by atoms with Crippen LogP contribution in [0.2, 0.25) is 0 Å². The van der Waals surface area contributed by atoms with E-state index in [4.69, 9.17) is 4.74 Å². The van der Waals surface area contributed by atoms with Gasteiger partial charge in [0.05, 0.1) is 12.7 Å². The molecule has 0 amide bonds. The van der Waals surface area contributed by atoms with Gasteiger partial charge in [-0.15, -0.1) is 0 Å². The monoisotopic (exact) mass is 277 g/mol. The van der Waals surface area contributed by atoms with Crippen LogP contribution in [0.25, 0.3) is 0 Å². The molecule has 0 saturated carbocycles. The van der Waals surface area contributed by atoms with Crippen LogP contribution in [0.3, 0.4) is 0 Å². The summed E-state index contributed by atoms with van der Waals surface area (Å²) in [6.45, 7) is 14.3. The second kappa shape index (κ2) is 6.10. The van der Waals surface area contributed by atoms with Gasteiger partial charge in [-0.1, -0.05) is 0 Å². The molecule has 4 nitrogen and oxygen atoms in total. The molecule has 1 saturated heterocycles. The Bertz CT molecular complexity index is 454. The Morgan fingerprint density at radius 1 is 1.45 bits per heavy atom. The number of aromatic nitrogens is 1. The van der Waals surface area contributed by atoms with E-state index in [1.165, 1.54) is 11.3 Å². The van der Waals surface area contributed by atoms with Crippen molar-refractivity contribution in [1.82, 2.24) is 10.3 Å². The van der Waals surface area contributed by atoms with Gasteiger partial charge in [-0.2, -0.15) is 0 Å². The van der Waals surface area contributed by atoms with Gasteiger partial charge in [0.15, 0.2) is 0 Å². The van der Waals surface area contributed by atoms with E-state index in [0.29, 0.717) is 6.10 Å². The summed E-state index contributed by atoms with van der Waals surface area (Å²) < 4.78 is 5.64. The highest BCUT2D eigenvalue weighted by Crippen LogP contribution is 2.23. The molecule has 0 spiro atoms. The lowest BCUT2D eigenvalue weighted by Crippen LogP contribution is -2.42. The molecule has 0 radical (unpaired) electrons. The van der Waals surface area contributed by atoms with Crippen molar-refractivity contribution in [2.45, 2.75) is 52.8 Å². The molecule has 2 heterocycles. The summed E-state index contributed by atoms with van der Waals surface area (Å²) >= 11 is 0. The zero-order chi connectivity index (χ0) is 14.8. The van der Waals surface area contributed by atoms with Crippen LogP contribution in [0, 0.1) is 6.92 Å². The van der Waals surface area contributed by atoms with Gasteiger partial charge in [0.2, 0.25) is 0 Å². The number of hydrogen-bond donors (Lipinski definition) is 1. The summed E-state index contributed by atoms with van der Waals surface area (Å²) in [7, 11) is 0. The Morgan fingerprint density at radius 2 is 2.20 bits per heavy atom. The van der Waals surface area contributed by atoms with Crippen LogP contribution < -0.4 is 10.2 Å². The molecule has 1 aromatic heterocycles. The third-order valence-corrected chi connectivity index (χ3v) is 3.49. The van der Waals surface area contributed by atoms with Crippen molar-refractivity contribution in [2.75, 3.05) is 24.6 Å². The van der Waals surface area contributed by atoms with Crippen molar-refractivity contribution in [3.05, 3.63) is 23.5 Å². The van der Waals surface area contributed by atoms with Gasteiger partial charge in [-0.25, -0.2) is 0 Å². The Hall–Kier alpha value is -1.13. The molecule has 20 heavy (non-hydrogen) atoms. The van der Waals surface area contributed by atoms with Crippen molar-refractivity contribution in [3.8, 4) is 0 Å². The van der Waals surface area contributed by atoms with Crippen LogP contribution in [0.4, 0.5) is 5.69 Å². The van der Waals surface area contributed by atoms with E-state index in [2.05, 4.69) is 49.0 Å². The number of nitrogens with zero attached hydrogens (tertiary/aromatic N) is 2. The van der Waals surface area contributed by atoms with Crippen LogP contribution in [-0.2, 0) is 11.3 Å². The van der Waals surface area contributed by atoms with E-state index < -0.39 is 0 Å². The molecule has 1 fully saturated rings. The normalized spacial score (nSPS) is 20.2. The molecule has 0 aromatic carbocycles. The molecule has 1 aliphatic heterocycles. The van der Waals surface area contributed by atoms with Crippen LogP contribution in [0.15, 0.2) is 12.3 Å². The largest absolute Gasteiger partial charge is 0.375 e. The molecule has 112 valence electrons. The van der Waals surface area contributed by atoms with Gasteiger partial charge >= 0.3 is 0 Å². The van der Waals surface area contributed by atoms with Gasteiger partial charge < -0.3 is 15.0 Å². The quantitative estimate of drug-likeness (QED) is 0.921. The van der Waals surface area contributed by atoms with E-state index >= 15 is 0 Å². The molecule has 1 atom stereocenters. The Balaban J connectivity index is 2.19. The van der Waals surface area contributed by atoms with Gasteiger partial charge in [-0.3, -0.25) is 4.98 Å². The highest BCUT2D eigenvalue weighted by atomic mass is 16.5. The van der Waals surface area contributed by atoms with E-state index in [1.807, 2.05) is 13.1 Å². The summed E-state index contributed by atoms with van der Waals surface area (Å²) in [5.74, 6) is 0. The number of anilines is 1. The van der Waals surface area contributed by atoms with Gasteiger partial charge in [0, 0.05) is 48.3 Å². The predicted octanol–water partition coefficient (Wildman–Crippen LogP) is 2.50. The minimum Gasteiger partial charge on any atom is -0.375 e. The fraction of sp³-hybridized carbons (Fsp3) is 0.688. The summed E-state index contributed by atoms with van der Waals surface area (Å²) in [5, 5.41) is 3.55. The first kappa shape index (κ1) is 15.3. The Kier molecular flexibility index (Phi) is 4.66. The maximum Gasteiger partial charge on any atom is 0.0722 e. The standard InChI is InChI=1S/C16H27N3O/c1-12-8-15(19-6-7-20-13(2)11-19)14(9-17-12)10-18-16(3,4)5/h8-9,13,18H,6-7,10-11H2,1-5H3. The molecule has 1 aromatic rings. The highest BCUT2D eigenvalue weighted by molar-refractivity contribution is 5.54. The average molecular weight is 277 g/mol. The SMILES string of the molecule is Cc1cc(N2CCOC(C)C2)c(CNC(C)(C)C)cn1. The van der Waals surface area contributed by atoms with Crippen molar-refractivity contribution < 1.29 is 4.74 Å². The van der Waals surface area contributed by atoms with Gasteiger partial charge in [0.25, 0.3) is 0 Å². The number of ether oxygens (including phenoxy) is 1. The second-order valence-corrected chi connectivity index (χ2v) is 6.69. The third-order valence-electron chi connectivity index (χ3n) is 3.49. The fourth-order valence-corrected chi connectivity index (χ4v) is 2.40. The molecule has 1 unspecified atom stereocenters. The predicted molar refractivity (Wildman–Crippen MR) is 83.2 cm³/mol. The minimum absolute atomic E-state index is 0.112. The second-order valence-electron chi connectivity index (χ2n) is 6.69. The molecular weight excluding hydrogens is 250 g/mol. The maximum absolute atomic E-state index is 5.64. The zero-order valence-corrected chi connectivity index (χ0v) is 13.4. The summed E-state index contributed by atoms with van der Waals surface area (Å²) in [4.78, 5) is 6.88. The number of hydrogen-bond acceptors (Lipinski definition) is 4. The van der Waals surface area contributed by atoms with Gasteiger partial charge in [0.1, 0.15) is 0 Å². The molecule has 4 heteroatoms. The first-order valence-electron chi connectivity index (χ1n) is 7.42. The zero-order valence-electron chi connectivity index (χ0n) is 13.4. The van der Waals surface area contributed by atoms with E-state index in [9.17, 15) is 0 Å². The maximum atomic E-state index is 5.64. The number of aryl methyl sites for hydroxylation is 1. The summed E-state index contributed by atoms with van der Waals surface area (Å²) in [5.41, 5.74) is 3.74. The minimum atomic E-state index is 0.112. The highest BCUT2D eigenvalue weighted by Gasteiger charge is 2.20. The van der Waals surface area contributed by atoms with Crippen LogP contribution in [-0.4, -0.2) is 36.3 Å². The fourth-order valence-electron chi connectivity index (χ4n) is 2.40. The number of rotatable bonds is 3. The van der Waals surface area contributed by atoms with Crippen LogP contribution in [0.1, 0.15) is 39.0 Å². The first-order valence-corrected chi connectivity index (χ1v) is 7.42. The smallest absolute Gasteiger partial charge is 0.0722 e. The third kappa shape index (κ3) is 4.18. The molecular formula is C16H27N3O. The molecule has 2 rings (SSSR count). The van der Waals surface area contributed by atoms with Crippen molar-refractivity contribution >= 4 is 5.69 Å². The van der Waals surface area contributed by atoms with Crippen LogP contribution >= 0.6 is 0 Å². The van der Waals surface area contributed by atoms with Crippen LogP contribution in [0.5, 0.6) is 0 Å². The van der Waals surface area contributed by atoms with E-state index in [0.717, 1.165) is 31.9 Å². The van der Waals surface area contributed by atoms with Crippen molar-refractivity contribution in [1.29, 1.82) is 0 Å². The van der Waals surface area contributed by atoms with Crippen molar-refractivity contribution in [3.63, 3.8) is 0 Å². The molecule has 0 bridgehead atoms. The van der Waals surface area contributed by atoms with E-state index in [1.54, 1.807) is 0 Å². The number of morpholine rings is 1. The first-order chi connectivity index (χ1) is 9.35. The Morgan fingerprint density at radius 3 is 2.85 bits per heavy atom. The molecule has 1 aliphatic rings. The average Bonchev–Trinajstić information content (AvgIpc) is 2.36. The van der Waals surface area contributed by atoms with E-state index in [-0.39, 0.29) is 5.54 Å². The lowest BCUT2D eigenvalue weighted by molar-refractivity contribution is 0.0531. The Labute approximate surface area is 122 Å². The number of pyridine rings is 1. The lowest BCUT2D eigenvalue weighted by atomic mass is 10.1. The van der Waals surface area contributed by atoms with Gasteiger partial charge in [-0.05, 0) is 40.7 Å². The summed E-state index contributed by atoms with van der Waals surface area (Å²) in [6.07, 6.45) is 2.30. The summed E-state index contributed by atoms with van der Waals surface area (Å²) in [6, 6.07) is 2.19. The lowest BCUT2D eigenvalue weighted by Gasteiger charge is -2.34. The topological polar surface area (TPSA) is 37.4 Å². The molecule has 1 N–H and O–H groups in total. The molecule has 0 aliphatic carbocycles. The van der Waals surface area contributed by atoms with Crippen molar-refractivity contribution in [2.24, 2.45) is 0 Å².